The zero-order valence-electron chi connectivity index (χ0n) is 12.7. The quantitative estimate of drug-likeness (QED) is 0.426. The van der Waals surface area contributed by atoms with E-state index in [0.717, 1.165) is 51.4 Å². The molecule has 3 atom stereocenters. The fourth-order valence-corrected chi connectivity index (χ4v) is 2.50. The molecular weight excluding hydrogens is 258 g/mol. The second-order valence-electron chi connectivity index (χ2n) is 5.79. The summed E-state index contributed by atoms with van der Waals surface area (Å²) in [5.41, 5.74) is -0.455. The van der Waals surface area contributed by atoms with Gasteiger partial charge in [-0.05, 0) is 12.8 Å². The van der Waals surface area contributed by atoms with Gasteiger partial charge in [0.1, 0.15) is 0 Å². The van der Waals surface area contributed by atoms with Crippen LogP contribution in [0.1, 0.15) is 64.7 Å². The first-order chi connectivity index (χ1) is 9.49. The van der Waals surface area contributed by atoms with Gasteiger partial charge < -0.3 is 20.3 Å². The molecule has 2 N–H and O–H groups in total. The highest BCUT2D eigenvalue weighted by atomic mass is 16.6. The Labute approximate surface area is 121 Å². The Hall–Kier alpha value is -0.650. The van der Waals surface area contributed by atoms with Gasteiger partial charge in [0.2, 0.25) is 0 Å². The maximum atomic E-state index is 10.3. The van der Waals surface area contributed by atoms with E-state index in [-0.39, 0.29) is 12.5 Å². The fraction of sp³-hybridized carbons (Fsp3) is 0.933. The maximum absolute atomic E-state index is 10.3. The lowest BCUT2D eigenvalue weighted by Crippen LogP contribution is -2.21. The minimum atomic E-state index is -0.702. The van der Waals surface area contributed by atoms with Gasteiger partial charge in [0.05, 0.1) is 12.2 Å². The molecule has 0 aromatic heterocycles. The van der Waals surface area contributed by atoms with Crippen LogP contribution < -0.4 is 0 Å². The van der Waals surface area contributed by atoms with Crippen molar-refractivity contribution < 1.29 is 19.7 Å². The molecule has 0 radical (unpaired) electrons. The number of epoxide rings is 1. The number of carbonyl (C=O) groups is 1. The largest absolute Gasteiger partial charge is 0.634 e. The topological polar surface area (TPSA) is 84.2 Å². The summed E-state index contributed by atoms with van der Waals surface area (Å²) in [5, 5.41) is 22.6. The van der Waals surface area contributed by atoms with E-state index in [1.54, 1.807) is 7.05 Å². The average molecular weight is 286 g/mol. The van der Waals surface area contributed by atoms with Gasteiger partial charge in [-0.3, -0.25) is 4.79 Å². The smallest absolute Gasteiger partial charge is 0.303 e. The minimum Gasteiger partial charge on any atom is -0.634 e. The Balaban J connectivity index is 1.87. The number of nitrogens with zero attached hydrogens (tertiary/aromatic N) is 1. The molecule has 1 aliphatic heterocycles. The molecule has 20 heavy (non-hydrogen) atoms. The number of aliphatic hydroxyl groups is 1. The molecule has 1 rings (SSSR count). The number of aliphatic carboxylic acids is 1. The Morgan fingerprint density at radius 1 is 1.20 bits per heavy atom. The predicted octanol–water partition coefficient (Wildman–Crippen LogP) is 3.06. The number of hydrogen-bond donors (Lipinski definition) is 2. The zero-order chi connectivity index (χ0) is 15.0. The summed E-state index contributed by atoms with van der Waals surface area (Å²) in [4.78, 5) is 10.3. The molecule has 2 unspecified atom stereocenters. The summed E-state index contributed by atoms with van der Waals surface area (Å²) in [6, 6.07) is 0. The molecule has 1 fully saturated rings. The molecule has 0 aliphatic carbocycles. The van der Waals surface area contributed by atoms with Crippen LogP contribution in [0.5, 0.6) is 0 Å². The van der Waals surface area contributed by atoms with Crippen molar-refractivity contribution in [3.05, 3.63) is 5.32 Å². The molecule has 0 bridgehead atoms. The van der Waals surface area contributed by atoms with E-state index in [0.29, 0.717) is 0 Å². The number of aliphatic hydroxyl groups excluding tert-OH is 1. The number of carboxylic acid groups (broad SMARTS) is 1. The Morgan fingerprint density at radius 2 is 1.75 bits per heavy atom. The normalized spacial score (nSPS) is 26.4. The molecule has 5 heteroatoms. The molecule has 118 valence electrons. The highest BCUT2D eigenvalue weighted by Gasteiger charge is 2.47. The molecule has 0 saturated carbocycles. The number of unbranched alkanes of at least 4 members (excludes halogenated alkanes) is 6. The molecule has 0 aromatic carbocycles. The summed E-state index contributed by atoms with van der Waals surface area (Å²) in [6.07, 6.45) is 7.85. The van der Waals surface area contributed by atoms with Crippen molar-refractivity contribution >= 4 is 5.97 Å². The van der Waals surface area contributed by atoms with Gasteiger partial charge in [-0.2, -0.15) is 7.05 Å². The van der Waals surface area contributed by atoms with Crippen molar-refractivity contribution in [1.82, 2.24) is 0 Å². The Bertz CT molecular complexity index is 298. The van der Waals surface area contributed by atoms with Crippen LogP contribution in [0.4, 0.5) is 0 Å². The molecule has 5 nitrogen and oxygen atoms in total. The molecule has 1 heterocycles. The van der Waals surface area contributed by atoms with Crippen molar-refractivity contribution in [3.8, 4) is 0 Å². The first-order valence-electron chi connectivity index (χ1n) is 7.68. The number of likely N-dealkylation sites (N-methyl/N-ethyl adjacent to an activating group) is 1. The van der Waals surface area contributed by atoms with Gasteiger partial charge in [0.15, 0.2) is 0 Å². The van der Waals surface area contributed by atoms with Crippen LogP contribution >= 0.6 is 0 Å². The molecule has 1 aliphatic rings. The van der Waals surface area contributed by atoms with Gasteiger partial charge >= 0.3 is 5.97 Å². The van der Waals surface area contributed by atoms with Gasteiger partial charge in [-0.1, -0.05) is 45.4 Å². The SMILES string of the molecule is C[N-][C@]1(C)OC1C(O)CCCCCCCCCC(=O)O. The van der Waals surface area contributed by atoms with Crippen molar-refractivity contribution in [3.63, 3.8) is 0 Å². The zero-order valence-corrected chi connectivity index (χ0v) is 12.7. The summed E-state index contributed by atoms with van der Waals surface area (Å²) in [7, 11) is 1.72. The minimum absolute atomic E-state index is 0.122. The highest BCUT2D eigenvalue weighted by molar-refractivity contribution is 5.66. The first kappa shape index (κ1) is 17.4. The van der Waals surface area contributed by atoms with E-state index in [4.69, 9.17) is 9.84 Å². The van der Waals surface area contributed by atoms with E-state index >= 15 is 0 Å². The lowest BCUT2D eigenvalue weighted by atomic mass is 10.0. The lowest BCUT2D eigenvalue weighted by molar-refractivity contribution is -0.137. The summed E-state index contributed by atoms with van der Waals surface area (Å²) >= 11 is 0. The third-order valence-corrected chi connectivity index (χ3v) is 4.02. The molecule has 0 amide bonds. The monoisotopic (exact) mass is 286 g/mol. The van der Waals surface area contributed by atoms with Crippen LogP contribution in [0.25, 0.3) is 5.32 Å². The summed E-state index contributed by atoms with van der Waals surface area (Å²) in [5.74, 6) is -0.702. The van der Waals surface area contributed by atoms with Gasteiger partial charge in [0, 0.05) is 12.1 Å². The van der Waals surface area contributed by atoms with Gasteiger partial charge in [-0.25, -0.2) is 0 Å². The maximum Gasteiger partial charge on any atom is 0.303 e. The second kappa shape index (κ2) is 8.60. The first-order valence-corrected chi connectivity index (χ1v) is 7.68. The second-order valence-corrected chi connectivity index (χ2v) is 5.79. The number of ether oxygens (including phenoxy) is 1. The number of rotatable bonds is 12. The Morgan fingerprint density at radius 3 is 2.25 bits per heavy atom. The van der Waals surface area contributed by atoms with Crippen LogP contribution in [0.3, 0.4) is 0 Å². The fourth-order valence-electron chi connectivity index (χ4n) is 2.50. The third-order valence-electron chi connectivity index (χ3n) is 4.02. The lowest BCUT2D eigenvalue weighted by Gasteiger charge is -2.20. The summed E-state index contributed by atoms with van der Waals surface area (Å²) < 4.78 is 5.39. The molecular formula is C15H28NO4-. The van der Waals surface area contributed by atoms with Crippen LogP contribution in [0.15, 0.2) is 0 Å². The van der Waals surface area contributed by atoms with Crippen molar-refractivity contribution in [2.45, 2.75) is 82.6 Å². The summed E-state index contributed by atoms with van der Waals surface area (Å²) in [6.45, 7) is 1.90. The molecule has 0 aromatic rings. The van der Waals surface area contributed by atoms with Crippen LogP contribution in [0, 0.1) is 0 Å². The predicted molar refractivity (Wildman–Crippen MR) is 77.8 cm³/mol. The third kappa shape index (κ3) is 6.20. The highest BCUT2D eigenvalue weighted by Crippen LogP contribution is 2.43. The van der Waals surface area contributed by atoms with Crippen LogP contribution in [-0.2, 0) is 9.53 Å². The number of hydrogen-bond acceptors (Lipinski definition) is 3. The van der Waals surface area contributed by atoms with Crippen molar-refractivity contribution in [2.75, 3.05) is 7.05 Å². The van der Waals surface area contributed by atoms with Gasteiger partial charge in [0.25, 0.3) is 0 Å². The van der Waals surface area contributed by atoms with E-state index in [2.05, 4.69) is 5.32 Å². The van der Waals surface area contributed by atoms with Crippen molar-refractivity contribution in [1.29, 1.82) is 0 Å². The van der Waals surface area contributed by atoms with E-state index < -0.39 is 17.8 Å². The van der Waals surface area contributed by atoms with E-state index in [9.17, 15) is 9.90 Å². The standard InChI is InChI=1S/C15H28NO4/c1-15(16-2)14(20-15)12(17)10-8-6-4-3-5-7-9-11-13(18)19/h12,14,17H,3-11H2,1-2H3,(H,18,19)/q-1/t12?,14?,15-/m1/s1. The average Bonchev–Trinajstić information content (AvgIpc) is 3.09. The van der Waals surface area contributed by atoms with Crippen LogP contribution in [0.2, 0.25) is 0 Å². The van der Waals surface area contributed by atoms with E-state index in [1.165, 1.54) is 0 Å². The van der Waals surface area contributed by atoms with E-state index in [1.807, 2.05) is 6.92 Å². The van der Waals surface area contributed by atoms with Crippen LogP contribution in [-0.4, -0.2) is 41.2 Å². The molecule has 0 spiro atoms. The molecule has 1 saturated heterocycles. The number of carboxylic acids is 1. The van der Waals surface area contributed by atoms with Crippen molar-refractivity contribution in [2.24, 2.45) is 0 Å². The Kier molecular flexibility index (Phi) is 7.48. The van der Waals surface area contributed by atoms with Gasteiger partial charge in [-0.15, -0.1) is 0 Å².